The van der Waals surface area contributed by atoms with Crippen LogP contribution in [-0.4, -0.2) is 15.0 Å². The Kier molecular flexibility index (Phi) is 5.47. The van der Waals surface area contributed by atoms with Crippen molar-refractivity contribution in [3.63, 3.8) is 0 Å². The van der Waals surface area contributed by atoms with E-state index in [0.29, 0.717) is 24.0 Å². The van der Waals surface area contributed by atoms with Crippen molar-refractivity contribution < 1.29 is 13.2 Å². The Bertz CT molecular complexity index is 1260. The van der Waals surface area contributed by atoms with E-state index < -0.39 is 10.0 Å². The van der Waals surface area contributed by atoms with E-state index in [1.165, 1.54) is 9.75 Å². The van der Waals surface area contributed by atoms with Gasteiger partial charge in [-0.05, 0) is 86.3 Å². The highest BCUT2D eigenvalue weighted by atomic mass is 32.2. The molecule has 2 N–H and O–H groups in total. The number of nitrogens with one attached hydrogen (secondary N) is 2. The molecule has 7 heteroatoms. The van der Waals surface area contributed by atoms with Crippen molar-refractivity contribution in [3.8, 4) is 5.75 Å². The summed E-state index contributed by atoms with van der Waals surface area (Å²) >= 11 is 1.83. The number of hydrogen-bond acceptors (Lipinski definition) is 5. The number of anilines is 2. The van der Waals surface area contributed by atoms with Gasteiger partial charge in [-0.1, -0.05) is 12.2 Å². The lowest BCUT2D eigenvalue weighted by molar-refractivity contribution is 0.340. The fourth-order valence-corrected chi connectivity index (χ4v) is 6.74. The van der Waals surface area contributed by atoms with Crippen molar-refractivity contribution in [2.75, 3.05) is 16.6 Å². The molecule has 0 radical (unpaired) electrons. The number of allylic oxidation sites excluding steroid dienone is 2. The summed E-state index contributed by atoms with van der Waals surface area (Å²) in [4.78, 5) is 2.91. The fraction of sp³-hybridized carbons (Fsp3) is 0.280. The second kappa shape index (κ2) is 8.30. The Morgan fingerprint density at radius 1 is 1.12 bits per heavy atom. The number of hydrogen-bond donors (Lipinski definition) is 2. The molecule has 166 valence electrons. The first-order valence-corrected chi connectivity index (χ1v) is 13.1. The zero-order valence-electron chi connectivity index (χ0n) is 18.0. The molecule has 1 aromatic heterocycles. The highest BCUT2D eigenvalue weighted by Gasteiger charge is 2.39. The average Bonchev–Trinajstić information content (AvgIpc) is 3.44. The lowest BCUT2D eigenvalue weighted by atomic mass is 9.79. The fourth-order valence-electron chi connectivity index (χ4n) is 4.64. The Balaban J connectivity index is 1.43. The maximum Gasteiger partial charge on any atom is 0.261 e. The topological polar surface area (TPSA) is 67.4 Å². The van der Waals surface area contributed by atoms with Gasteiger partial charge in [-0.3, -0.25) is 4.72 Å². The van der Waals surface area contributed by atoms with E-state index in [0.717, 1.165) is 17.7 Å². The van der Waals surface area contributed by atoms with Crippen LogP contribution in [-0.2, 0) is 10.0 Å². The van der Waals surface area contributed by atoms with Gasteiger partial charge in [0.15, 0.2) is 0 Å². The van der Waals surface area contributed by atoms with Gasteiger partial charge in [0.1, 0.15) is 5.75 Å². The Labute approximate surface area is 193 Å². The molecule has 2 aromatic carbocycles. The molecule has 0 amide bonds. The lowest BCUT2D eigenvalue weighted by Gasteiger charge is -2.37. The molecule has 3 unspecified atom stereocenters. The first-order chi connectivity index (χ1) is 15.4. The minimum absolute atomic E-state index is 0.208. The molecule has 3 aromatic rings. The van der Waals surface area contributed by atoms with Crippen LogP contribution in [0.2, 0.25) is 0 Å². The molecule has 0 saturated carbocycles. The van der Waals surface area contributed by atoms with Crippen LogP contribution in [0.25, 0.3) is 0 Å². The summed E-state index contributed by atoms with van der Waals surface area (Å²) in [5.74, 6) is 1.31. The zero-order valence-corrected chi connectivity index (χ0v) is 19.7. The van der Waals surface area contributed by atoms with E-state index >= 15 is 0 Å². The highest BCUT2D eigenvalue weighted by Crippen LogP contribution is 2.51. The largest absolute Gasteiger partial charge is 0.494 e. The summed E-state index contributed by atoms with van der Waals surface area (Å²) in [6.45, 7) is 4.61. The monoisotopic (exact) mass is 466 g/mol. The number of sulfonamides is 1. The maximum absolute atomic E-state index is 13.1. The van der Waals surface area contributed by atoms with Crippen LogP contribution in [0.15, 0.2) is 71.6 Å². The van der Waals surface area contributed by atoms with E-state index in [1.807, 2.05) is 30.4 Å². The molecule has 1 aliphatic heterocycles. The van der Waals surface area contributed by atoms with Crippen molar-refractivity contribution in [2.45, 2.75) is 37.1 Å². The number of fused-ring (bicyclic) bond motifs is 3. The van der Waals surface area contributed by atoms with Crippen LogP contribution in [0.1, 0.15) is 40.6 Å². The minimum Gasteiger partial charge on any atom is -0.494 e. The third-order valence-corrected chi connectivity index (χ3v) is 8.59. The van der Waals surface area contributed by atoms with Gasteiger partial charge in [0.25, 0.3) is 10.0 Å². The molecular weight excluding hydrogens is 440 g/mol. The van der Waals surface area contributed by atoms with Crippen LogP contribution < -0.4 is 14.8 Å². The molecule has 0 saturated heterocycles. The molecule has 3 atom stereocenters. The quantitative estimate of drug-likeness (QED) is 0.432. The van der Waals surface area contributed by atoms with E-state index in [9.17, 15) is 8.42 Å². The predicted molar refractivity (Wildman–Crippen MR) is 130 cm³/mol. The summed E-state index contributed by atoms with van der Waals surface area (Å²) in [5.41, 5.74) is 2.56. The highest BCUT2D eigenvalue weighted by molar-refractivity contribution is 7.92. The summed E-state index contributed by atoms with van der Waals surface area (Å²) in [6, 6.07) is 17.0. The number of thiophene rings is 1. The maximum atomic E-state index is 13.1. The molecule has 5 rings (SSSR count). The molecule has 0 spiro atoms. The van der Waals surface area contributed by atoms with Crippen LogP contribution in [0.3, 0.4) is 0 Å². The van der Waals surface area contributed by atoms with Gasteiger partial charge in [-0.2, -0.15) is 0 Å². The zero-order chi connectivity index (χ0) is 22.3. The van der Waals surface area contributed by atoms with Crippen molar-refractivity contribution in [1.29, 1.82) is 0 Å². The minimum atomic E-state index is -3.70. The summed E-state index contributed by atoms with van der Waals surface area (Å²) in [6.07, 6.45) is 5.44. The van der Waals surface area contributed by atoms with Gasteiger partial charge in [0.05, 0.1) is 17.5 Å². The molecule has 5 nitrogen and oxygen atoms in total. The third-order valence-electron chi connectivity index (χ3n) is 6.13. The second-order valence-corrected chi connectivity index (χ2v) is 11.2. The molecular formula is C25H26N2O3S2. The Morgan fingerprint density at radius 2 is 1.94 bits per heavy atom. The van der Waals surface area contributed by atoms with Crippen LogP contribution >= 0.6 is 11.3 Å². The number of ether oxygens (including phenoxy) is 1. The number of aryl methyl sites for hydroxylation is 1. The van der Waals surface area contributed by atoms with Crippen LogP contribution in [0, 0.1) is 12.8 Å². The molecule has 1 aliphatic carbocycles. The SMILES string of the molecule is CCOc1ccc(NS(=O)(=O)c2ccc3c(c2)C2C=CCC2C(c2ccc(C)s2)N3)cc1. The molecule has 2 heterocycles. The number of benzene rings is 2. The summed E-state index contributed by atoms with van der Waals surface area (Å²) < 4.78 is 34.3. The predicted octanol–water partition coefficient (Wildman–Crippen LogP) is 6.08. The molecule has 32 heavy (non-hydrogen) atoms. The molecule has 0 bridgehead atoms. The van der Waals surface area contributed by atoms with E-state index in [2.05, 4.69) is 41.2 Å². The lowest BCUT2D eigenvalue weighted by Crippen LogP contribution is -2.28. The first kappa shape index (κ1) is 21.1. The third kappa shape index (κ3) is 3.91. The summed E-state index contributed by atoms with van der Waals surface area (Å²) in [7, 11) is -3.70. The van der Waals surface area contributed by atoms with Crippen molar-refractivity contribution in [2.24, 2.45) is 5.92 Å². The van der Waals surface area contributed by atoms with Gasteiger partial charge in [0.2, 0.25) is 0 Å². The standard InChI is InChI=1S/C25H26N2O3S2/c1-3-30-18-10-8-17(9-11-18)27-32(28,29)19-12-13-23-22(15-19)20-5-4-6-21(20)25(26-23)24-14-7-16(2)31-24/h4-5,7-15,20-21,25-27H,3,6H2,1-2H3. The average molecular weight is 467 g/mol. The van der Waals surface area contributed by atoms with E-state index in [4.69, 9.17) is 4.74 Å². The van der Waals surface area contributed by atoms with Gasteiger partial charge >= 0.3 is 0 Å². The molecule has 2 aliphatic rings. The second-order valence-electron chi connectivity index (χ2n) is 8.24. The van der Waals surface area contributed by atoms with Gasteiger partial charge in [-0.25, -0.2) is 8.42 Å². The van der Waals surface area contributed by atoms with Crippen molar-refractivity contribution in [3.05, 3.63) is 82.1 Å². The Hall–Kier alpha value is -2.77. The first-order valence-electron chi connectivity index (χ1n) is 10.8. The van der Waals surface area contributed by atoms with Gasteiger partial charge < -0.3 is 10.1 Å². The molecule has 0 fully saturated rings. The summed E-state index contributed by atoms with van der Waals surface area (Å²) in [5, 5.41) is 3.69. The van der Waals surface area contributed by atoms with Crippen LogP contribution in [0.5, 0.6) is 5.75 Å². The van der Waals surface area contributed by atoms with Crippen molar-refractivity contribution >= 4 is 32.7 Å². The van der Waals surface area contributed by atoms with Gasteiger partial charge in [-0.15, -0.1) is 11.3 Å². The van der Waals surface area contributed by atoms with Gasteiger partial charge in [0, 0.05) is 27.0 Å². The van der Waals surface area contributed by atoms with E-state index in [-0.39, 0.29) is 16.9 Å². The van der Waals surface area contributed by atoms with E-state index in [1.54, 1.807) is 30.3 Å². The number of rotatable bonds is 6. The smallest absolute Gasteiger partial charge is 0.261 e. The van der Waals surface area contributed by atoms with Crippen LogP contribution in [0.4, 0.5) is 11.4 Å². The normalized spacial score (nSPS) is 21.5. The Morgan fingerprint density at radius 3 is 2.66 bits per heavy atom. The van der Waals surface area contributed by atoms with Crippen molar-refractivity contribution in [1.82, 2.24) is 0 Å².